The van der Waals surface area contributed by atoms with E-state index < -0.39 is 0 Å². The van der Waals surface area contributed by atoms with Gasteiger partial charge < -0.3 is 10.1 Å². The molecule has 0 radical (unpaired) electrons. The second-order valence-electron chi connectivity index (χ2n) is 5.07. The van der Waals surface area contributed by atoms with Gasteiger partial charge in [0.25, 0.3) is 0 Å². The van der Waals surface area contributed by atoms with Gasteiger partial charge in [-0.15, -0.1) is 0 Å². The number of ether oxygens (including phenoxy) is 1. The van der Waals surface area contributed by atoms with Gasteiger partial charge in [-0.2, -0.15) is 0 Å². The van der Waals surface area contributed by atoms with Crippen LogP contribution in [0.15, 0.2) is 42.5 Å². The highest BCUT2D eigenvalue weighted by atomic mass is 19.1. The summed E-state index contributed by atoms with van der Waals surface area (Å²) in [7, 11) is 1.65. The number of rotatable bonds is 5. The summed E-state index contributed by atoms with van der Waals surface area (Å²) in [6, 6.07) is 13.0. The zero-order valence-electron chi connectivity index (χ0n) is 12.6. The van der Waals surface area contributed by atoms with Crippen molar-refractivity contribution in [3.8, 4) is 5.69 Å². The van der Waals surface area contributed by atoms with Crippen LogP contribution in [0.3, 0.4) is 0 Å². The van der Waals surface area contributed by atoms with Crippen LogP contribution in [0.2, 0.25) is 0 Å². The van der Waals surface area contributed by atoms with Crippen molar-refractivity contribution < 1.29 is 9.13 Å². The minimum absolute atomic E-state index is 0.229. The highest BCUT2D eigenvalue weighted by Crippen LogP contribution is 2.28. The van der Waals surface area contributed by atoms with Crippen molar-refractivity contribution >= 4 is 17.0 Å². The zero-order valence-corrected chi connectivity index (χ0v) is 12.6. The van der Waals surface area contributed by atoms with Gasteiger partial charge in [0.05, 0.1) is 17.6 Å². The van der Waals surface area contributed by atoms with Crippen LogP contribution >= 0.6 is 0 Å². The maximum atomic E-state index is 14.0. The molecule has 114 valence electrons. The molecule has 0 fully saturated rings. The van der Waals surface area contributed by atoms with Crippen molar-refractivity contribution in [3.63, 3.8) is 0 Å². The van der Waals surface area contributed by atoms with E-state index in [9.17, 15) is 4.39 Å². The lowest BCUT2D eigenvalue weighted by Crippen LogP contribution is -2.12. The topological polar surface area (TPSA) is 39.1 Å². The maximum Gasteiger partial charge on any atom is 0.208 e. The third-order valence-electron chi connectivity index (χ3n) is 3.61. The van der Waals surface area contributed by atoms with Gasteiger partial charge in [-0.1, -0.05) is 18.2 Å². The number of para-hydroxylation sites is 1. The fourth-order valence-electron chi connectivity index (χ4n) is 2.52. The number of nitrogens with one attached hydrogen (secondary N) is 1. The van der Waals surface area contributed by atoms with E-state index in [0.29, 0.717) is 24.7 Å². The average molecular weight is 299 g/mol. The first-order valence-electron chi connectivity index (χ1n) is 7.18. The van der Waals surface area contributed by atoms with Crippen molar-refractivity contribution in [2.75, 3.05) is 25.6 Å². The number of hydrogen-bond donors (Lipinski definition) is 1. The van der Waals surface area contributed by atoms with E-state index in [-0.39, 0.29) is 5.82 Å². The van der Waals surface area contributed by atoms with Gasteiger partial charge in [0.2, 0.25) is 5.95 Å². The van der Waals surface area contributed by atoms with Crippen LogP contribution in [-0.2, 0) is 4.74 Å². The van der Waals surface area contributed by atoms with E-state index in [1.54, 1.807) is 20.1 Å². The van der Waals surface area contributed by atoms with Gasteiger partial charge in [-0.05, 0) is 31.2 Å². The molecule has 0 aliphatic rings. The number of methoxy groups -OCH3 is 1. The highest BCUT2D eigenvalue weighted by Gasteiger charge is 2.16. The first-order valence-corrected chi connectivity index (χ1v) is 7.18. The summed E-state index contributed by atoms with van der Waals surface area (Å²) in [6.45, 7) is 2.98. The Kier molecular flexibility index (Phi) is 4.06. The molecule has 1 aromatic heterocycles. The van der Waals surface area contributed by atoms with E-state index in [1.165, 1.54) is 6.07 Å². The quantitative estimate of drug-likeness (QED) is 0.733. The van der Waals surface area contributed by atoms with Crippen molar-refractivity contribution in [1.29, 1.82) is 0 Å². The molecule has 3 rings (SSSR count). The second kappa shape index (κ2) is 6.15. The number of fused-ring (bicyclic) bond motifs is 1. The second-order valence-corrected chi connectivity index (χ2v) is 5.07. The van der Waals surface area contributed by atoms with Gasteiger partial charge in [0.15, 0.2) is 0 Å². The van der Waals surface area contributed by atoms with Crippen molar-refractivity contribution in [2.45, 2.75) is 6.92 Å². The molecular formula is C17H18FN3O. The molecule has 3 aromatic rings. The van der Waals surface area contributed by atoms with Crippen molar-refractivity contribution in [2.24, 2.45) is 0 Å². The number of benzene rings is 2. The largest absolute Gasteiger partial charge is 0.383 e. The Bertz CT molecular complexity index is 783. The minimum Gasteiger partial charge on any atom is -0.383 e. The van der Waals surface area contributed by atoms with E-state index in [4.69, 9.17) is 4.74 Å². The monoisotopic (exact) mass is 299 g/mol. The third kappa shape index (κ3) is 2.55. The van der Waals surface area contributed by atoms with Gasteiger partial charge in [0.1, 0.15) is 5.82 Å². The number of aromatic nitrogens is 2. The fraction of sp³-hybridized carbons (Fsp3) is 0.235. The lowest BCUT2D eigenvalue weighted by atomic mass is 10.2. The number of aryl methyl sites for hydroxylation is 1. The normalized spacial score (nSPS) is 11.0. The van der Waals surface area contributed by atoms with Gasteiger partial charge in [0, 0.05) is 24.9 Å². The molecule has 0 saturated carbocycles. The van der Waals surface area contributed by atoms with E-state index in [0.717, 1.165) is 16.7 Å². The van der Waals surface area contributed by atoms with Gasteiger partial charge >= 0.3 is 0 Å². The maximum absolute atomic E-state index is 14.0. The summed E-state index contributed by atoms with van der Waals surface area (Å²) in [5.41, 5.74) is 3.08. The van der Waals surface area contributed by atoms with Crippen LogP contribution in [-0.4, -0.2) is 29.8 Å². The predicted molar refractivity (Wildman–Crippen MR) is 86.1 cm³/mol. The number of anilines is 1. The average Bonchev–Trinajstić information content (AvgIpc) is 2.91. The first-order chi connectivity index (χ1) is 10.7. The molecule has 0 unspecified atom stereocenters. The van der Waals surface area contributed by atoms with Crippen LogP contribution in [0, 0.1) is 12.7 Å². The third-order valence-corrected chi connectivity index (χ3v) is 3.61. The zero-order chi connectivity index (χ0) is 15.5. The minimum atomic E-state index is -0.229. The van der Waals surface area contributed by atoms with Crippen LogP contribution in [0.5, 0.6) is 0 Å². The van der Waals surface area contributed by atoms with Crippen molar-refractivity contribution in [1.82, 2.24) is 9.55 Å². The Morgan fingerprint density at radius 1 is 1.18 bits per heavy atom. The molecule has 0 spiro atoms. The van der Waals surface area contributed by atoms with Crippen LogP contribution in [0.25, 0.3) is 16.7 Å². The Morgan fingerprint density at radius 3 is 2.68 bits per heavy atom. The predicted octanol–water partition coefficient (Wildman–Crippen LogP) is 3.53. The van der Waals surface area contributed by atoms with E-state index >= 15 is 0 Å². The lowest BCUT2D eigenvalue weighted by molar-refractivity contribution is 0.210. The van der Waals surface area contributed by atoms with Crippen LogP contribution in [0.1, 0.15) is 5.56 Å². The molecule has 5 heteroatoms. The van der Waals surface area contributed by atoms with Crippen LogP contribution < -0.4 is 5.32 Å². The number of halogens is 1. The molecule has 1 heterocycles. The standard InChI is InChI=1S/C17H18FN3O/c1-12-14(18)8-9-15-16(12)21(13-6-4-3-5-7-13)17(20-15)19-10-11-22-2/h3-9H,10-11H2,1-2H3,(H,19,20). The number of hydrogen-bond acceptors (Lipinski definition) is 3. The molecule has 0 aliphatic heterocycles. The highest BCUT2D eigenvalue weighted by molar-refractivity contribution is 5.84. The summed E-state index contributed by atoms with van der Waals surface area (Å²) >= 11 is 0. The molecule has 0 saturated heterocycles. The van der Waals surface area contributed by atoms with E-state index in [2.05, 4.69) is 10.3 Å². The molecule has 0 atom stereocenters. The Labute approximate surface area is 128 Å². The first kappa shape index (κ1) is 14.5. The molecule has 0 amide bonds. The Balaban J connectivity index is 2.19. The molecule has 1 N–H and O–H groups in total. The van der Waals surface area contributed by atoms with E-state index in [1.807, 2.05) is 34.9 Å². The lowest BCUT2D eigenvalue weighted by Gasteiger charge is -2.11. The molecule has 4 nitrogen and oxygen atoms in total. The summed E-state index contributed by atoms with van der Waals surface area (Å²) in [4.78, 5) is 4.59. The molecule has 22 heavy (non-hydrogen) atoms. The summed E-state index contributed by atoms with van der Waals surface area (Å²) < 4.78 is 21.0. The number of nitrogens with zero attached hydrogens (tertiary/aromatic N) is 2. The Hall–Kier alpha value is -2.40. The molecular weight excluding hydrogens is 281 g/mol. The SMILES string of the molecule is COCCNc1nc2ccc(F)c(C)c2n1-c1ccccc1. The smallest absolute Gasteiger partial charge is 0.208 e. The van der Waals surface area contributed by atoms with Gasteiger partial charge in [-0.3, -0.25) is 4.57 Å². The van der Waals surface area contributed by atoms with Crippen LogP contribution in [0.4, 0.5) is 10.3 Å². The molecule has 0 bridgehead atoms. The summed E-state index contributed by atoms with van der Waals surface area (Å²) in [5, 5.41) is 3.25. The summed E-state index contributed by atoms with van der Waals surface area (Å²) in [5.74, 6) is 0.458. The van der Waals surface area contributed by atoms with Crippen molar-refractivity contribution in [3.05, 3.63) is 53.8 Å². The fourth-order valence-corrected chi connectivity index (χ4v) is 2.52. The molecule has 2 aromatic carbocycles. The number of imidazole rings is 1. The van der Waals surface area contributed by atoms with Gasteiger partial charge in [-0.25, -0.2) is 9.37 Å². The Morgan fingerprint density at radius 2 is 1.95 bits per heavy atom. The molecule has 0 aliphatic carbocycles. The summed E-state index contributed by atoms with van der Waals surface area (Å²) in [6.07, 6.45) is 0.